The van der Waals surface area contributed by atoms with Crippen LogP contribution in [0.3, 0.4) is 0 Å². The summed E-state index contributed by atoms with van der Waals surface area (Å²) in [5.74, 6) is 1.05. The van der Waals surface area contributed by atoms with Gasteiger partial charge in [-0.2, -0.15) is 0 Å². The summed E-state index contributed by atoms with van der Waals surface area (Å²) in [6.45, 7) is 7.12. The summed E-state index contributed by atoms with van der Waals surface area (Å²) in [5, 5.41) is 14.1. The molecule has 21 heavy (non-hydrogen) atoms. The van der Waals surface area contributed by atoms with E-state index in [0.29, 0.717) is 18.2 Å². The van der Waals surface area contributed by atoms with Crippen molar-refractivity contribution < 1.29 is 14.4 Å². The van der Waals surface area contributed by atoms with Crippen molar-refractivity contribution in [1.29, 1.82) is 0 Å². The highest BCUT2D eigenvalue weighted by atomic mass is 16.6. The van der Waals surface area contributed by atoms with Crippen LogP contribution in [0.4, 0.5) is 5.69 Å². The zero-order valence-electron chi connectivity index (χ0n) is 12.9. The van der Waals surface area contributed by atoms with Gasteiger partial charge in [0.1, 0.15) is 5.75 Å². The molecule has 0 aliphatic heterocycles. The van der Waals surface area contributed by atoms with Gasteiger partial charge in [-0.05, 0) is 30.5 Å². The van der Waals surface area contributed by atoms with Gasteiger partial charge >= 0.3 is 0 Å². The Labute approximate surface area is 125 Å². The lowest BCUT2D eigenvalue weighted by atomic mass is 10.2. The van der Waals surface area contributed by atoms with E-state index in [4.69, 9.17) is 9.47 Å². The highest BCUT2D eigenvalue weighted by Gasteiger charge is 2.09. The lowest BCUT2D eigenvalue weighted by Crippen LogP contribution is -2.17. The van der Waals surface area contributed by atoms with Crippen LogP contribution in [0, 0.1) is 16.0 Å². The number of ether oxygens (including phenoxy) is 2. The van der Waals surface area contributed by atoms with Gasteiger partial charge in [0, 0.05) is 25.8 Å². The van der Waals surface area contributed by atoms with Gasteiger partial charge in [0.05, 0.1) is 18.1 Å². The second-order valence-electron chi connectivity index (χ2n) is 5.30. The topological polar surface area (TPSA) is 73.6 Å². The number of hydrogen-bond acceptors (Lipinski definition) is 5. The van der Waals surface area contributed by atoms with Gasteiger partial charge in [-0.15, -0.1) is 0 Å². The average Bonchev–Trinajstić information content (AvgIpc) is 2.45. The number of non-ortho nitro benzene ring substituents is 1. The summed E-state index contributed by atoms with van der Waals surface area (Å²) in [7, 11) is 1.50. The van der Waals surface area contributed by atoms with Crippen LogP contribution in [0.15, 0.2) is 18.2 Å². The molecule has 0 saturated carbocycles. The molecule has 0 fully saturated rings. The van der Waals surface area contributed by atoms with Gasteiger partial charge in [-0.25, -0.2) is 0 Å². The number of nitrogens with zero attached hydrogens (tertiary/aromatic N) is 1. The summed E-state index contributed by atoms with van der Waals surface area (Å²) < 4.78 is 10.6. The van der Waals surface area contributed by atoms with Crippen LogP contribution >= 0.6 is 0 Å². The van der Waals surface area contributed by atoms with Crippen molar-refractivity contribution >= 4 is 5.69 Å². The summed E-state index contributed by atoms with van der Waals surface area (Å²) in [6, 6.07) is 4.78. The fourth-order valence-corrected chi connectivity index (χ4v) is 1.82. The maximum absolute atomic E-state index is 10.8. The molecule has 0 saturated heterocycles. The predicted molar refractivity (Wildman–Crippen MR) is 81.6 cm³/mol. The number of benzene rings is 1. The minimum Gasteiger partial charge on any atom is -0.496 e. The monoisotopic (exact) mass is 296 g/mol. The third-order valence-electron chi connectivity index (χ3n) is 2.82. The second kappa shape index (κ2) is 9.31. The molecule has 0 aromatic heterocycles. The van der Waals surface area contributed by atoms with E-state index in [9.17, 15) is 10.1 Å². The maximum Gasteiger partial charge on any atom is 0.273 e. The Kier molecular flexibility index (Phi) is 7.71. The van der Waals surface area contributed by atoms with Crippen molar-refractivity contribution in [1.82, 2.24) is 5.32 Å². The minimum atomic E-state index is -0.411. The standard InChI is InChI=1S/C15H24N2O4/c1-12(2)11-21-6-4-5-16-10-13-7-14(17(18)19)9-15(8-13)20-3/h7-9,12,16H,4-6,10-11H2,1-3H3. The maximum atomic E-state index is 10.8. The molecule has 1 N–H and O–H groups in total. The van der Waals surface area contributed by atoms with Gasteiger partial charge in [-0.1, -0.05) is 13.8 Å². The van der Waals surface area contributed by atoms with Crippen LogP contribution in [0.5, 0.6) is 5.75 Å². The minimum absolute atomic E-state index is 0.0476. The van der Waals surface area contributed by atoms with E-state index in [1.54, 1.807) is 12.1 Å². The molecule has 6 nitrogen and oxygen atoms in total. The fourth-order valence-electron chi connectivity index (χ4n) is 1.82. The first-order chi connectivity index (χ1) is 10.0. The van der Waals surface area contributed by atoms with E-state index in [-0.39, 0.29) is 5.69 Å². The molecule has 0 bridgehead atoms. The lowest BCUT2D eigenvalue weighted by molar-refractivity contribution is -0.385. The smallest absolute Gasteiger partial charge is 0.273 e. The Morgan fingerprint density at radius 2 is 2.10 bits per heavy atom. The first-order valence-corrected chi connectivity index (χ1v) is 7.13. The van der Waals surface area contributed by atoms with Crippen LogP contribution in [0.2, 0.25) is 0 Å². The van der Waals surface area contributed by atoms with E-state index in [2.05, 4.69) is 19.2 Å². The van der Waals surface area contributed by atoms with E-state index in [0.717, 1.165) is 31.7 Å². The first kappa shape index (κ1) is 17.4. The van der Waals surface area contributed by atoms with E-state index >= 15 is 0 Å². The summed E-state index contributed by atoms with van der Waals surface area (Å²) in [5.41, 5.74) is 0.885. The van der Waals surface area contributed by atoms with Crippen LogP contribution < -0.4 is 10.1 Å². The molecule has 1 aromatic rings. The summed E-state index contributed by atoms with van der Waals surface area (Å²) >= 11 is 0. The Bertz CT molecular complexity index is 449. The van der Waals surface area contributed by atoms with Crippen LogP contribution in [0.1, 0.15) is 25.8 Å². The molecule has 0 aliphatic carbocycles. The number of methoxy groups -OCH3 is 1. The van der Waals surface area contributed by atoms with Crippen molar-refractivity contribution in [2.24, 2.45) is 5.92 Å². The van der Waals surface area contributed by atoms with Crippen LogP contribution in [0.25, 0.3) is 0 Å². The molecule has 0 amide bonds. The summed E-state index contributed by atoms with van der Waals surface area (Å²) in [4.78, 5) is 10.4. The molecule has 0 aliphatic rings. The molecule has 0 heterocycles. The Balaban J connectivity index is 2.34. The van der Waals surface area contributed by atoms with Crippen molar-refractivity contribution in [3.8, 4) is 5.75 Å². The molecule has 0 atom stereocenters. The Morgan fingerprint density at radius 3 is 2.71 bits per heavy atom. The third kappa shape index (κ3) is 7.06. The molecular formula is C15H24N2O4. The lowest BCUT2D eigenvalue weighted by Gasteiger charge is -2.08. The van der Waals surface area contributed by atoms with Crippen molar-refractivity contribution in [2.75, 3.05) is 26.9 Å². The highest BCUT2D eigenvalue weighted by Crippen LogP contribution is 2.22. The first-order valence-electron chi connectivity index (χ1n) is 7.13. The van der Waals surface area contributed by atoms with Gasteiger partial charge in [0.15, 0.2) is 0 Å². The molecule has 0 radical (unpaired) electrons. The number of nitro benzene ring substituents is 1. The Morgan fingerprint density at radius 1 is 1.33 bits per heavy atom. The number of hydrogen-bond donors (Lipinski definition) is 1. The molecule has 6 heteroatoms. The normalized spacial score (nSPS) is 10.9. The van der Waals surface area contributed by atoms with E-state index < -0.39 is 4.92 Å². The average molecular weight is 296 g/mol. The van der Waals surface area contributed by atoms with Gasteiger partial charge in [-0.3, -0.25) is 10.1 Å². The van der Waals surface area contributed by atoms with Gasteiger partial charge < -0.3 is 14.8 Å². The SMILES string of the molecule is COc1cc(CNCCCOCC(C)C)cc([N+](=O)[O-])c1. The molecule has 1 aromatic carbocycles. The van der Waals surface area contributed by atoms with E-state index in [1.165, 1.54) is 13.2 Å². The Hall–Kier alpha value is -1.66. The summed E-state index contributed by atoms with van der Waals surface area (Å²) in [6.07, 6.45) is 0.915. The molecule has 1 rings (SSSR count). The molecule has 118 valence electrons. The fraction of sp³-hybridized carbons (Fsp3) is 0.600. The molecule has 0 unspecified atom stereocenters. The van der Waals surface area contributed by atoms with Crippen molar-refractivity contribution in [3.05, 3.63) is 33.9 Å². The van der Waals surface area contributed by atoms with E-state index in [1.807, 2.05) is 0 Å². The zero-order chi connectivity index (χ0) is 15.7. The quantitative estimate of drug-likeness (QED) is 0.408. The van der Waals surface area contributed by atoms with Crippen molar-refractivity contribution in [3.63, 3.8) is 0 Å². The number of nitrogens with one attached hydrogen (secondary N) is 1. The largest absolute Gasteiger partial charge is 0.496 e. The number of rotatable bonds is 10. The van der Waals surface area contributed by atoms with Crippen LogP contribution in [-0.4, -0.2) is 31.8 Å². The predicted octanol–water partition coefficient (Wildman–Crippen LogP) is 2.76. The molecular weight excluding hydrogens is 272 g/mol. The number of nitro groups is 1. The van der Waals surface area contributed by atoms with Crippen LogP contribution in [-0.2, 0) is 11.3 Å². The zero-order valence-corrected chi connectivity index (χ0v) is 12.9. The van der Waals surface area contributed by atoms with Gasteiger partial charge in [0.25, 0.3) is 5.69 Å². The molecule has 0 spiro atoms. The third-order valence-corrected chi connectivity index (χ3v) is 2.82. The highest BCUT2D eigenvalue weighted by molar-refractivity contribution is 5.42. The van der Waals surface area contributed by atoms with Crippen molar-refractivity contribution in [2.45, 2.75) is 26.8 Å². The van der Waals surface area contributed by atoms with Gasteiger partial charge in [0.2, 0.25) is 0 Å². The second-order valence-corrected chi connectivity index (χ2v) is 5.30.